The Labute approximate surface area is 190 Å². The van der Waals surface area contributed by atoms with Crippen molar-refractivity contribution in [2.24, 2.45) is 0 Å². The highest BCUT2D eigenvalue weighted by atomic mass is 16.5. The van der Waals surface area contributed by atoms with Crippen LogP contribution in [0, 0.1) is 24.7 Å². The molecule has 1 saturated carbocycles. The molecule has 1 fully saturated rings. The number of carbonyl (C=O) groups excluding carboxylic acids is 1. The zero-order valence-corrected chi connectivity index (χ0v) is 18.4. The minimum atomic E-state index is -0.746. The number of ether oxygens (including phenoxy) is 3. The van der Waals surface area contributed by atoms with Gasteiger partial charge in [-0.3, -0.25) is 4.79 Å². The van der Waals surface area contributed by atoms with E-state index in [-0.39, 0.29) is 31.1 Å². The number of methoxy groups -OCH3 is 1. The molecule has 1 amide bonds. The molecule has 0 radical (unpaired) electrons. The highest BCUT2D eigenvalue weighted by Gasteiger charge is 2.31. The SMILES string of the molecule is C#CCOc1ccc(C2CCCCC2NC(=O)C(OCC#C)c2ccccc2)cc1OC. The van der Waals surface area contributed by atoms with Crippen molar-refractivity contribution in [2.75, 3.05) is 20.3 Å². The van der Waals surface area contributed by atoms with E-state index in [2.05, 4.69) is 17.2 Å². The van der Waals surface area contributed by atoms with Crippen molar-refractivity contribution in [1.29, 1.82) is 0 Å². The Balaban J connectivity index is 1.79. The molecule has 0 bridgehead atoms. The standard InChI is InChI=1S/C27H29NO4/c1-4-17-31-24-16-15-21(19-25(24)30-3)22-13-9-10-14-23(22)28-27(29)26(32-18-5-2)20-11-7-6-8-12-20/h1-2,6-8,11-12,15-16,19,22-23,26H,9-10,13-14,17-18H2,3H3,(H,28,29). The van der Waals surface area contributed by atoms with E-state index < -0.39 is 6.10 Å². The van der Waals surface area contributed by atoms with Crippen LogP contribution in [0.1, 0.15) is 48.8 Å². The third-order valence-corrected chi connectivity index (χ3v) is 5.69. The van der Waals surface area contributed by atoms with Crippen molar-refractivity contribution in [3.05, 3.63) is 59.7 Å². The van der Waals surface area contributed by atoms with Crippen LogP contribution in [-0.4, -0.2) is 32.3 Å². The first-order chi connectivity index (χ1) is 15.7. The highest BCUT2D eigenvalue weighted by Crippen LogP contribution is 2.38. The van der Waals surface area contributed by atoms with Crippen molar-refractivity contribution in [2.45, 2.75) is 43.7 Å². The minimum Gasteiger partial charge on any atom is -0.493 e. The monoisotopic (exact) mass is 431 g/mol. The molecule has 2 aromatic rings. The number of hydrogen-bond donors (Lipinski definition) is 1. The molecule has 32 heavy (non-hydrogen) atoms. The lowest BCUT2D eigenvalue weighted by atomic mass is 9.79. The van der Waals surface area contributed by atoms with Crippen LogP contribution in [0.15, 0.2) is 48.5 Å². The molecular formula is C27H29NO4. The van der Waals surface area contributed by atoms with E-state index in [1.807, 2.05) is 48.5 Å². The van der Waals surface area contributed by atoms with Gasteiger partial charge in [-0.15, -0.1) is 12.8 Å². The molecule has 5 heteroatoms. The Hall–Kier alpha value is -3.41. The molecule has 0 aliphatic heterocycles. The van der Waals surface area contributed by atoms with Gasteiger partial charge in [-0.1, -0.05) is 61.1 Å². The van der Waals surface area contributed by atoms with Crippen LogP contribution in [0.4, 0.5) is 0 Å². The number of benzene rings is 2. The zero-order chi connectivity index (χ0) is 22.8. The summed E-state index contributed by atoms with van der Waals surface area (Å²) in [5.74, 6) is 6.14. The highest BCUT2D eigenvalue weighted by molar-refractivity contribution is 5.82. The summed E-state index contributed by atoms with van der Waals surface area (Å²) in [6, 6.07) is 15.3. The number of nitrogens with one attached hydrogen (secondary N) is 1. The molecule has 3 rings (SSSR count). The summed E-state index contributed by atoms with van der Waals surface area (Å²) in [5.41, 5.74) is 1.88. The van der Waals surface area contributed by atoms with Crippen LogP contribution in [-0.2, 0) is 9.53 Å². The maximum absolute atomic E-state index is 13.2. The molecule has 0 heterocycles. The van der Waals surface area contributed by atoms with Gasteiger partial charge in [0, 0.05) is 12.0 Å². The lowest BCUT2D eigenvalue weighted by Gasteiger charge is -2.34. The van der Waals surface area contributed by atoms with E-state index in [1.165, 1.54) is 0 Å². The van der Waals surface area contributed by atoms with Gasteiger partial charge in [0.15, 0.2) is 17.6 Å². The zero-order valence-electron chi connectivity index (χ0n) is 18.4. The largest absolute Gasteiger partial charge is 0.493 e. The summed E-state index contributed by atoms with van der Waals surface area (Å²) in [6.07, 6.45) is 13.9. The summed E-state index contributed by atoms with van der Waals surface area (Å²) >= 11 is 0. The Morgan fingerprint density at radius 3 is 2.53 bits per heavy atom. The third-order valence-electron chi connectivity index (χ3n) is 5.69. The summed E-state index contributed by atoms with van der Waals surface area (Å²) in [5, 5.41) is 3.23. The van der Waals surface area contributed by atoms with Crippen molar-refractivity contribution < 1.29 is 19.0 Å². The number of carbonyl (C=O) groups is 1. The average Bonchev–Trinajstić information content (AvgIpc) is 2.84. The summed E-state index contributed by atoms with van der Waals surface area (Å²) in [7, 11) is 1.61. The van der Waals surface area contributed by atoms with Crippen LogP contribution >= 0.6 is 0 Å². The second kappa shape index (κ2) is 11.8. The predicted octanol–water partition coefficient (Wildman–Crippen LogP) is 4.24. The quantitative estimate of drug-likeness (QED) is 0.604. The van der Waals surface area contributed by atoms with Gasteiger partial charge < -0.3 is 19.5 Å². The minimum absolute atomic E-state index is 0.0147. The summed E-state index contributed by atoms with van der Waals surface area (Å²) in [6.45, 7) is 0.244. The molecule has 1 aliphatic rings. The van der Waals surface area contributed by atoms with Gasteiger partial charge in [0.05, 0.1) is 7.11 Å². The fourth-order valence-corrected chi connectivity index (χ4v) is 4.20. The van der Waals surface area contributed by atoms with Crippen molar-refractivity contribution in [3.8, 4) is 36.2 Å². The van der Waals surface area contributed by atoms with Gasteiger partial charge in [-0.2, -0.15) is 0 Å². The van der Waals surface area contributed by atoms with Crippen LogP contribution in [0.3, 0.4) is 0 Å². The molecule has 3 atom stereocenters. The van der Waals surface area contributed by atoms with Crippen molar-refractivity contribution >= 4 is 5.91 Å². The normalized spacial score (nSPS) is 18.6. The Kier molecular flexibility index (Phi) is 8.61. The molecule has 2 aromatic carbocycles. The van der Waals surface area contributed by atoms with E-state index in [4.69, 9.17) is 27.1 Å². The Morgan fingerprint density at radius 1 is 1.06 bits per heavy atom. The average molecular weight is 432 g/mol. The second-order valence-corrected chi connectivity index (χ2v) is 7.71. The second-order valence-electron chi connectivity index (χ2n) is 7.71. The Morgan fingerprint density at radius 2 is 1.81 bits per heavy atom. The maximum Gasteiger partial charge on any atom is 0.254 e. The summed E-state index contributed by atoms with van der Waals surface area (Å²) < 4.78 is 16.8. The lowest BCUT2D eigenvalue weighted by Crippen LogP contribution is -2.43. The van der Waals surface area contributed by atoms with Gasteiger partial charge >= 0.3 is 0 Å². The molecule has 0 spiro atoms. The third kappa shape index (κ3) is 5.84. The van der Waals surface area contributed by atoms with E-state index in [1.54, 1.807) is 7.11 Å². The van der Waals surface area contributed by atoms with Gasteiger partial charge in [0.2, 0.25) is 0 Å². The Bertz CT molecular complexity index is 973. The number of terminal acetylenes is 2. The first-order valence-corrected chi connectivity index (χ1v) is 10.8. The van der Waals surface area contributed by atoms with Crippen molar-refractivity contribution in [1.82, 2.24) is 5.32 Å². The van der Waals surface area contributed by atoms with Crippen LogP contribution in [0.25, 0.3) is 0 Å². The van der Waals surface area contributed by atoms with Crippen LogP contribution in [0.2, 0.25) is 0 Å². The first-order valence-electron chi connectivity index (χ1n) is 10.8. The van der Waals surface area contributed by atoms with E-state index >= 15 is 0 Å². The van der Waals surface area contributed by atoms with Crippen LogP contribution < -0.4 is 14.8 Å². The topological polar surface area (TPSA) is 56.8 Å². The summed E-state index contributed by atoms with van der Waals surface area (Å²) in [4.78, 5) is 13.2. The molecule has 166 valence electrons. The molecule has 3 unspecified atom stereocenters. The van der Waals surface area contributed by atoms with Gasteiger partial charge in [0.1, 0.15) is 13.2 Å². The van der Waals surface area contributed by atoms with E-state index in [0.29, 0.717) is 11.5 Å². The molecule has 0 aromatic heterocycles. The fraction of sp³-hybridized carbons (Fsp3) is 0.370. The fourth-order valence-electron chi connectivity index (χ4n) is 4.20. The van der Waals surface area contributed by atoms with Crippen LogP contribution in [0.5, 0.6) is 11.5 Å². The lowest BCUT2D eigenvalue weighted by molar-refractivity contribution is -0.133. The smallest absolute Gasteiger partial charge is 0.254 e. The molecule has 0 saturated heterocycles. The van der Waals surface area contributed by atoms with Gasteiger partial charge in [-0.25, -0.2) is 0 Å². The first kappa shape index (κ1) is 23.3. The maximum atomic E-state index is 13.2. The van der Waals surface area contributed by atoms with Gasteiger partial charge in [-0.05, 0) is 36.1 Å². The molecule has 1 N–H and O–H groups in total. The van der Waals surface area contributed by atoms with Crippen molar-refractivity contribution in [3.63, 3.8) is 0 Å². The number of rotatable bonds is 9. The number of hydrogen-bond acceptors (Lipinski definition) is 4. The molecule has 1 aliphatic carbocycles. The van der Waals surface area contributed by atoms with E-state index in [0.717, 1.165) is 36.8 Å². The molecule has 5 nitrogen and oxygen atoms in total. The van der Waals surface area contributed by atoms with Gasteiger partial charge in [0.25, 0.3) is 5.91 Å². The van der Waals surface area contributed by atoms with E-state index in [9.17, 15) is 4.79 Å². The molecular weight excluding hydrogens is 402 g/mol. The predicted molar refractivity (Wildman–Crippen MR) is 124 cm³/mol. The number of amides is 1.